The Morgan fingerprint density at radius 3 is 2.33 bits per heavy atom. The third-order valence-electron chi connectivity index (χ3n) is 1.82. The van der Waals surface area contributed by atoms with E-state index in [0.717, 1.165) is 18.8 Å². The van der Waals surface area contributed by atoms with Gasteiger partial charge in [0.15, 0.2) is 0 Å². The Hall–Kier alpha value is 0.540. The molecule has 1 unspecified atom stereocenters. The van der Waals surface area contributed by atoms with E-state index in [1.54, 1.807) is 0 Å². The topological polar surface area (TPSA) is 17.1 Å². The van der Waals surface area contributed by atoms with Crippen LogP contribution in [0.2, 0.25) is 0 Å². The maximum atomic E-state index is 10.9. The average molecular weight is 134 g/mol. The van der Waals surface area contributed by atoms with Gasteiger partial charge in [0.25, 0.3) is 0 Å². The van der Waals surface area contributed by atoms with E-state index in [2.05, 4.69) is 0 Å². The molecule has 1 aliphatic rings. The van der Waals surface area contributed by atoms with Crippen molar-refractivity contribution in [3.8, 4) is 0 Å². The van der Waals surface area contributed by atoms with E-state index >= 15 is 0 Å². The summed E-state index contributed by atoms with van der Waals surface area (Å²) in [5.74, 6) is 1.76. The van der Waals surface area contributed by atoms with Crippen molar-refractivity contribution in [3.05, 3.63) is 5.92 Å². The Kier molecular flexibility index (Phi) is 3.86. The molecule has 0 bridgehead atoms. The van der Waals surface area contributed by atoms with E-state index < -0.39 is 0 Å². The van der Waals surface area contributed by atoms with Crippen molar-refractivity contribution in [1.82, 2.24) is 0 Å². The fourth-order valence-electron chi connectivity index (χ4n) is 1.11. The van der Waals surface area contributed by atoms with Crippen LogP contribution >= 0.6 is 0 Å². The van der Waals surface area contributed by atoms with E-state index in [1.807, 2.05) is 13.8 Å². The van der Waals surface area contributed by atoms with Crippen molar-refractivity contribution < 1.29 is 34.4 Å². The van der Waals surface area contributed by atoms with Gasteiger partial charge in [0.05, 0.1) is 0 Å². The molecule has 0 aromatic carbocycles. The first-order chi connectivity index (χ1) is 3.72. The first-order valence-electron chi connectivity index (χ1n) is 3.08. The van der Waals surface area contributed by atoms with Crippen LogP contribution in [0, 0.1) is 11.8 Å². The number of Topliss-reactive ketones (excluding diaryl/α,β-unsaturated/α-hetero) is 1. The average Bonchev–Trinajstić information content (AvgIpc) is 1.98. The summed E-state index contributed by atoms with van der Waals surface area (Å²) in [6.07, 6.45) is 2.10. The van der Waals surface area contributed by atoms with Crippen LogP contribution < -0.4 is 29.6 Å². The number of hydrogen-bond acceptors (Lipinski definition) is 1. The molecule has 1 saturated carbocycles. The molecule has 1 atom stereocenters. The Labute approximate surface area is 78.5 Å². The Morgan fingerprint density at radius 1 is 1.67 bits per heavy atom. The minimum Gasteiger partial charge on any atom is -0.334 e. The van der Waals surface area contributed by atoms with Gasteiger partial charge in [0.2, 0.25) is 0 Å². The second-order valence-corrected chi connectivity index (χ2v) is 2.58. The summed E-state index contributed by atoms with van der Waals surface area (Å²) in [4.78, 5) is 10.9. The molecule has 0 heterocycles. The summed E-state index contributed by atoms with van der Waals surface area (Å²) in [7, 11) is 0. The van der Waals surface area contributed by atoms with E-state index in [4.69, 9.17) is 0 Å². The summed E-state index contributed by atoms with van der Waals surface area (Å²) in [6, 6.07) is 0. The SMILES string of the molecule is C[C-]1CCC(C)C1=O.[Na+]. The van der Waals surface area contributed by atoms with Gasteiger partial charge >= 0.3 is 29.6 Å². The molecular formula is C7H11NaO. The Morgan fingerprint density at radius 2 is 2.22 bits per heavy atom. The zero-order valence-electron chi connectivity index (χ0n) is 6.40. The molecule has 0 radical (unpaired) electrons. The molecule has 0 aromatic rings. The van der Waals surface area contributed by atoms with Crippen LogP contribution in [0.5, 0.6) is 0 Å². The standard InChI is InChI=1S/C7H11O.Na/c1-5-3-4-6(2)7(5)8;/h5H,3-4H2,1-2H3;/q-1;+1. The zero-order valence-corrected chi connectivity index (χ0v) is 8.40. The molecule has 1 rings (SSSR count). The van der Waals surface area contributed by atoms with Crippen LogP contribution in [0.15, 0.2) is 0 Å². The van der Waals surface area contributed by atoms with Crippen molar-refractivity contribution in [2.24, 2.45) is 5.92 Å². The van der Waals surface area contributed by atoms with Gasteiger partial charge in [-0.2, -0.15) is 13.3 Å². The minimum atomic E-state index is 0. The number of ketones is 1. The van der Waals surface area contributed by atoms with Crippen LogP contribution in [0.25, 0.3) is 0 Å². The fraction of sp³-hybridized carbons (Fsp3) is 0.714. The van der Waals surface area contributed by atoms with Gasteiger partial charge < -0.3 is 10.7 Å². The van der Waals surface area contributed by atoms with Crippen molar-refractivity contribution in [1.29, 1.82) is 0 Å². The third-order valence-corrected chi connectivity index (χ3v) is 1.82. The van der Waals surface area contributed by atoms with E-state index in [-0.39, 0.29) is 29.6 Å². The maximum Gasteiger partial charge on any atom is 1.00 e. The largest absolute Gasteiger partial charge is 1.00 e. The number of hydrogen-bond donors (Lipinski definition) is 0. The summed E-state index contributed by atoms with van der Waals surface area (Å²) in [6.45, 7) is 3.94. The summed E-state index contributed by atoms with van der Waals surface area (Å²) < 4.78 is 0. The maximum absolute atomic E-state index is 10.9. The van der Waals surface area contributed by atoms with Gasteiger partial charge in [-0.1, -0.05) is 13.3 Å². The van der Waals surface area contributed by atoms with E-state index in [0.29, 0.717) is 11.7 Å². The molecular weight excluding hydrogens is 123 g/mol. The van der Waals surface area contributed by atoms with Gasteiger partial charge in [0.1, 0.15) is 0 Å². The quantitative estimate of drug-likeness (QED) is 0.294. The molecule has 0 spiro atoms. The van der Waals surface area contributed by atoms with Gasteiger partial charge in [-0.15, -0.1) is 0 Å². The number of carbonyl (C=O) groups excluding carboxylic acids is 1. The van der Waals surface area contributed by atoms with Crippen molar-refractivity contribution in [2.45, 2.75) is 26.7 Å². The van der Waals surface area contributed by atoms with Gasteiger partial charge in [-0.05, 0) is 5.92 Å². The monoisotopic (exact) mass is 134 g/mol. The second kappa shape index (κ2) is 3.65. The van der Waals surface area contributed by atoms with E-state index in [1.165, 1.54) is 0 Å². The van der Waals surface area contributed by atoms with Crippen molar-refractivity contribution in [3.63, 3.8) is 0 Å². The summed E-state index contributed by atoms with van der Waals surface area (Å²) in [5.41, 5.74) is 0. The van der Waals surface area contributed by atoms with Crippen molar-refractivity contribution >= 4 is 5.78 Å². The first kappa shape index (κ1) is 9.54. The van der Waals surface area contributed by atoms with Crippen LogP contribution in [0.1, 0.15) is 26.7 Å². The Bertz CT molecular complexity index is 99.5. The van der Waals surface area contributed by atoms with Gasteiger partial charge in [0, 0.05) is 5.78 Å². The molecule has 1 fully saturated rings. The molecule has 0 saturated heterocycles. The normalized spacial score (nSPS) is 26.2. The number of carbonyl (C=O) groups is 1. The summed E-state index contributed by atoms with van der Waals surface area (Å²) in [5, 5.41) is 0. The predicted octanol–water partition coefficient (Wildman–Crippen LogP) is -1.42. The summed E-state index contributed by atoms with van der Waals surface area (Å²) >= 11 is 0. The van der Waals surface area contributed by atoms with Crippen LogP contribution in [0.3, 0.4) is 0 Å². The predicted molar refractivity (Wildman–Crippen MR) is 32.3 cm³/mol. The smallest absolute Gasteiger partial charge is 0.334 e. The molecule has 1 nitrogen and oxygen atoms in total. The molecule has 0 aromatic heterocycles. The molecule has 9 heavy (non-hydrogen) atoms. The van der Waals surface area contributed by atoms with Crippen LogP contribution in [0.4, 0.5) is 0 Å². The molecule has 0 aliphatic heterocycles. The number of rotatable bonds is 0. The zero-order chi connectivity index (χ0) is 6.15. The molecule has 0 N–H and O–H groups in total. The third kappa shape index (κ3) is 1.99. The van der Waals surface area contributed by atoms with Crippen LogP contribution in [-0.2, 0) is 4.79 Å². The Balaban J connectivity index is 0.000000640. The first-order valence-corrected chi connectivity index (χ1v) is 3.08. The molecule has 0 amide bonds. The van der Waals surface area contributed by atoms with E-state index in [9.17, 15) is 4.79 Å². The minimum absolute atomic E-state index is 0. The van der Waals surface area contributed by atoms with Gasteiger partial charge in [-0.3, -0.25) is 0 Å². The molecule has 46 valence electrons. The molecule has 2 heteroatoms. The van der Waals surface area contributed by atoms with Crippen molar-refractivity contribution in [2.75, 3.05) is 0 Å². The second-order valence-electron chi connectivity index (χ2n) is 2.58. The van der Waals surface area contributed by atoms with Crippen LogP contribution in [-0.4, -0.2) is 5.78 Å². The van der Waals surface area contributed by atoms with Gasteiger partial charge in [-0.25, -0.2) is 0 Å². The molecule has 1 aliphatic carbocycles. The fourth-order valence-corrected chi connectivity index (χ4v) is 1.11.